The Hall–Kier alpha value is -1.21. The minimum Gasteiger partial charge on any atom is -0.392 e. The molecule has 1 unspecified atom stereocenters. The molecule has 3 N–H and O–H groups in total. The predicted octanol–water partition coefficient (Wildman–Crippen LogP) is -1.36. The van der Waals surface area contributed by atoms with Crippen LogP contribution >= 0.6 is 12.2 Å². The molecule has 0 aromatic carbocycles. The number of nitrogens with zero attached hydrogens (tertiary/aromatic N) is 1. The highest BCUT2D eigenvalue weighted by molar-refractivity contribution is 7.80. The number of hydrogen-bond acceptors (Lipinski definition) is 4. The first-order valence-electron chi connectivity index (χ1n) is 4.97. The molecule has 16 heavy (non-hydrogen) atoms. The lowest BCUT2D eigenvalue weighted by Gasteiger charge is -2.32. The van der Waals surface area contributed by atoms with Crippen LogP contribution in [-0.2, 0) is 14.3 Å². The molecule has 90 valence electrons. The van der Waals surface area contributed by atoms with E-state index >= 15 is 0 Å². The smallest absolute Gasteiger partial charge is 0.312 e. The van der Waals surface area contributed by atoms with Crippen molar-refractivity contribution in [2.75, 3.05) is 26.3 Å². The molecule has 2 amide bonds. The lowest BCUT2D eigenvalue weighted by Crippen LogP contribution is -2.52. The number of nitrogens with one attached hydrogen (secondary N) is 1. The maximum Gasteiger partial charge on any atom is 0.312 e. The van der Waals surface area contributed by atoms with Gasteiger partial charge < -0.3 is 20.7 Å². The lowest BCUT2D eigenvalue weighted by molar-refractivity contribution is -0.150. The minimum atomic E-state index is -0.679. The van der Waals surface area contributed by atoms with Crippen molar-refractivity contribution in [3.05, 3.63) is 0 Å². The van der Waals surface area contributed by atoms with E-state index in [1.807, 2.05) is 6.92 Å². The summed E-state index contributed by atoms with van der Waals surface area (Å²) in [4.78, 5) is 24.8. The average molecular weight is 245 g/mol. The Labute approximate surface area is 99.1 Å². The molecule has 0 aromatic heterocycles. The first-order valence-corrected chi connectivity index (χ1v) is 5.38. The number of morpholine rings is 1. The second-order valence-corrected chi connectivity index (χ2v) is 4.10. The van der Waals surface area contributed by atoms with E-state index in [0.717, 1.165) is 0 Å². The van der Waals surface area contributed by atoms with Gasteiger partial charge in [-0.2, -0.15) is 0 Å². The van der Waals surface area contributed by atoms with E-state index in [9.17, 15) is 9.59 Å². The van der Waals surface area contributed by atoms with Gasteiger partial charge in [-0.1, -0.05) is 12.2 Å². The quantitative estimate of drug-likeness (QED) is 0.463. The van der Waals surface area contributed by atoms with Crippen LogP contribution in [0.25, 0.3) is 0 Å². The minimum absolute atomic E-state index is 0.0403. The van der Waals surface area contributed by atoms with E-state index < -0.39 is 11.8 Å². The Kier molecular flexibility index (Phi) is 4.63. The third kappa shape index (κ3) is 3.42. The molecular weight excluding hydrogens is 230 g/mol. The summed E-state index contributed by atoms with van der Waals surface area (Å²) in [6.45, 7) is 3.21. The molecule has 0 radical (unpaired) electrons. The SMILES string of the molecule is CC1COCCN1C(=O)C(=O)NCC(N)=S. The molecule has 6 nitrogen and oxygen atoms in total. The number of hydrogen-bond donors (Lipinski definition) is 2. The molecule has 1 rings (SSSR count). The molecule has 7 heteroatoms. The van der Waals surface area contributed by atoms with Crippen LogP contribution in [-0.4, -0.2) is 54.0 Å². The Morgan fingerprint density at radius 2 is 2.31 bits per heavy atom. The first kappa shape index (κ1) is 12.9. The number of carbonyl (C=O) groups excluding carboxylic acids is 2. The number of rotatable bonds is 2. The van der Waals surface area contributed by atoms with Gasteiger partial charge in [-0.15, -0.1) is 0 Å². The molecule has 1 fully saturated rings. The van der Waals surface area contributed by atoms with Gasteiger partial charge in [0.2, 0.25) is 0 Å². The molecule has 1 atom stereocenters. The van der Waals surface area contributed by atoms with Gasteiger partial charge in [0, 0.05) is 6.54 Å². The van der Waals surface area contributed by atoms with Gasteiger partial charge in [0.15, 0.2) is 0 Å². The van der Waals surface area contributed by atoms with Crippen molar-refractivity contribution in [2.45, 2.75) is 13.0 Å². The highest BCUT2D eigenvalue weighted by Crippen LogP contribution is 2.06. The number of ether oxygens (including phenoxy) is 1. The van der Waals surface area contributed by atoms with E-state index in [1.54, 1.807) is 0 Å². The summed E-state index contributed by atoms with van der Waals surface area (Å²) < 4.78 is 5.17. The fourth-order valence-corrected chi connectivity index (χ4v) is 1.47. The van der Waals surface area contributed by atoms with Crippen molar-refractivity contribution < 1.29 is 14.3 Å². The molecule has 1 aliphatic rings. The van der Waals surface area contributed by atoms with Crippen molar-refractivity contribution >= 4 is 29.0 Å². The number of thiocarbonyl (C=S) groups is 1. The molecule has 0 saturated carbocycles. The number of amides is 2. The molecule has 1 heterocycles. The summed E-state index contributed by atoms with van der Waals surface area (Å²) in [7, 11) is 0. The highest BCUT2D eigenvalue weighted by Gasteiger charge is 2.28. The maximum absolute atomic E-state index is 11.7. The molecular formula is C9H15N3O3S. The normalized spacial score (nSPS) is 20.3. The number of carbonyl (C=O) groups is 2. The van der Waals surface area contributed by atoms with Crippen LogP contribution in [0.2, 0.25) is 0 Å². The summed E-state index contributed by atoms with van der Waals surface area (Å²) >= 11 is 4.60. The van der Waals surface area contributed by atoms with Crippen LogP contribution in [0, 0.1) is 0 Å². The van der Waals surface area contributed by atoms with E-state index in [2.05, 4.69) is 17.5 Å². The molecule has 1 aliphatic heterocycles. The molecule has 0 bridgehead atoms. The summed E-state index contributed by atoms with van der Waals surface area (Å²) in [6.07, 6.45) is 0. The molecule has 1 saturated heterocycles. The predicted molar refractivity (Wildman–Crippen MR) is 61.8 cm³/mol. The van der Waals surface area contributed by atoms with Crippen molar-refractivity contribution in [3.8, 4) is 0 Å². The number of nitrogens with two attached hydrogens (primary N) is 1. The zero-order chi connectivity index (χ0) is 12.1. The Balaban J connectivity index is 2.48. The van der Waals surface area contributed by atoms with Crippen molar-refractivity contribution in [2.24, 2.45) is 5.73 Å². The molecule has 0 aliphatic carbocycles. The second-order valence-electron chi connectivity index (χ2n) is 3.57. The van der Waals surface area contributed by atoms with Crippen molar-refractivity contribution in [1.82, 2.24) is 10.2 Å². The van der Waals surface area contributed by atoms with Crippen molar-refractivity contribution in [3.63, 3.8) is 0 Å². The Morgan fingerprint density at radius 1 is 1.62 bits per heavy atom. The van der Waals surface area contributed by atoms with Crippen LogP contribution in [0.15, 0.2) is 0 Å². The zero-order valence-electron chi connectivity index (χ0n) is 9.06. The van der Waals surface area contributed by atoms with Crippen molar-refractivity contribution in [1.29, 1.82) is 0 Å². The van der Waals surface area contributed by atoms with Gasteiger partial charge in [0.25, 0.3) is 0 Å². The third-order valence-electron chi connectivity index (χ3n) is 2.25. The summed E-state index contributed by atoms with van der Waals surface area (Å²) in [5.41, 5.74) is 5.22. The van der Waals surface area contributed by atoms with Gasteiger partial charge in [0.05, 0.1) is 30.8 Å². The summed E-state index contributed by atoms with van der Waals surface area (Å²) in [6, 6.07) is -0.0863. The van der Waals surface area contributed by atoms with Crippen LogP contribution in [0.5, 0.6) is 0 Å². The van der Waals surface area contributed by atoms with Crippen LogP contribution < -0.4 is 11.1 Å². The average Bonchev–Trinajstić information content (AvgIpc) is 2.25. The maximum atomic E-state index is 11.7. The first-order chi connectivity index (χ1) is 7.52. The Morgan fingerprint density at radius 3 is 2.88 bits per heavy atom. The van der Waals surface area contributed by atoms with E-state index in [4.69, 9.17) is 10.5 Å². The Bertz CT molecular complexity index is 308. The monoisotopic (exact) mass is 245 g/mol. The van der Waals surface area contributed by atoms with Crippen LogP contribution in [0.3, 0.4) is 0 Å². The largest absolute Gasteiger partial charge is 0.392 e. The van der Waals surface area contributed by atoms with E-state index in [1.165, 1.54) is 4.90 Å². The van der Waals surface area contributed by atoms with Crippen LogP contribution in [0.1, 0.15) is 6.92 Å². The topological polar surface area (TPSA) is 84.7 Å². The summed E-state index contributed by atoms with van der Waals surface area (Å²) in [5.74, 6) is -1.24. The van der Waals surface area contributed by atoms with E-state index in [-0.39, 0.29) is 17.6 Å². The second kappa shape index (κ2) is 5.76. The van der Waals surface area contributed by atoms with Gasteiger partial charge in [0.1, 0.15) is 0 Å². The standard InChI is InChI=1S/C9H15N3O3S/c1-6-5-15-3-2-12(6)9(14)8(13)11-4-7(10)16/h6H,2-5H2,1H3,(H2,10,16)(H,11,13). The third-order valence-corrected chi connectivity index (χ3v) is 2.39. The van der Waals surface area contributed by atoms with Gasteiger partial charge in [-0.05, 0) is 6.92 Å². The van der Waals surface area contributed by atoms with Gasteiger partial charge >= 0.3 is 11.8 Å². The molecule has 0 spiro atoms. The van der Waals surface area contributed by atoms with Crippen LogP contribution in [0.4, 0.5) is 0 Å². The fraction of sp³-hybridized carbons (Fsp3) is 0.667. The lowest BCUT2D eigenvalue weighted by atomic mass is 10.2. The van der Waals surface area contributed by atoms with Gasteiger partial charge in [-0.25, -0.2) is 0 Å². The van der Waals surface area contributed by atoms with E-state index in [0.29, 0.717) is 19.8 Å². The van der Waals surface area contributed by atoms with Gasteiger partial charge in [-0.3, -0.25) is 9.59 Å². The summed E-state index contributed by atoms with van der Waals surface area (Å²) in [5, 5.41) is 2.36. The highest BCUT2D eigenvalue weighted by atomic mass is 32.1. The molecule has 0 aromatic rings. The zero-order valence-corrected chi connectivity index (χ0v) is 9.88. The fourth-order valence-electron chi connectivity index (χ4n) is 1.40.